The van der Waals surface area contributed by atoms with Crippen molar-refractivity contribution in [3.63, 3.8) is 0 Å². The average Bonchev–Trinajstić information content (AvgIpc) is 3.31. The van der Waals surface area contributed by atoms with Crippen molar-refractivity contribution in [1.29, 1.82) is 0 Å². The van der Waals surface area contributed by atoms with Gasteiger partial charge in [-0.05, 0) is 35.9 Å². The summed E-state index contributed by atoms with van der Waals surface area (Å²) in [6, 6.07) is 1.87. The molecule has 0 radical (unpaired) electrons. The van der Waals surface area contributed by atoms with Crippen molar-refractivity contribution in [3.8, 4) is 0 Å². The van der Waals surface area contributed by atoms with Crippen molar-refractivity contribution < 1.29 is 9.90 Å². The van der Waals surface area contributed by atoms with Crippen LogP contribution in [0.5, 0.6) is 0 Å². The van der Waals surface area contributed by atoms with Crippen LogP contribution < -0.4 is 10.2 Å². The lowest BCUT2D eigenvalue weighted by atomic mass is 10.3. The zero-order valence-corrected chi connectivity index (χ0v) is 14.3. The molecular weight excluding hydrogens is 330 g/mol. The number of amides is 1. The SMILES string of the molecule is O=C(/C=C/c1cc(CO)cs1)NCc1csc(N2CCCC2)n1. The van der Waals surface area contributed by atoms with Gasteiger partial charge >= 0.3 is 0 Å². The number of thiophene rings is 1. The van der Waals surface area contributed by atoms with Crippen LogP contribution >= 0.6 is 22.7 Å². The van der Waals surface area contributed by atoms with Gasteiger partial charge in [0, 0.05) is 29.4 Å². The molecule has 2 aromatic heterocycles. The van der Waals surface area contributed by atoms with Crippen LogP contribution in [-0.2, 0) is 17.9 Å². The first kappa shape index (κ1) is 16.2. The maximum Gasteiger partial charge on any atom is 0.244 e. The first-order chi connectivity index (χ1) is 11.2. The minimum absolute atomic E-state index is 0.0275. The number of carbonyl (C=O) groups excluding carboxylic acids is 1. The van der Waals surface area contributed by atoms with Gasteiger partial charge in [-0.15, -0.1) is 22.7 Å². The van der Waals surface area contributed by atoms with E-state index in [-0.39, 0.29) is 12.5 Å². The largest absolute Gasteiger partial charge is 0.392 e. The average molecular weight is 349 g/mol. The molecule has 0 atom stereocenters. The summed E-state index contributed by atoms with van der Waals surface area (Å²) in [6.45, 7) is 2.64. The molecule has 122 valence electrons. The van der Waals surface area contributed by atoms with E-state index in [0.717, 1.165) is 34.4 Å². The number of aromatic nitrogens is 1. The second kappa shape index (κ2) is 7.72. The fourth-order valence-corrected chi connectivity index (χ4v) is 4.07. The van der Waals surface area contributed by atoms with E-state index in [1.807, 2.05) is 16.8 Å². The molecule has 3 rings (SSSR count). The van der Waals surface area contributed by atoms with E-state index in [1.165, 1.54) is 30.3 Å². The molecule has 1 saturated heterocycles. The predicted molar refractivity (Wildman–Crippen MR) is 94.7 cm³/mol. The van der Waals surface area contributed by atoms with Gasteiger partial charge in [-0.1, -0.05) is 0 Å². The predicted octanol–water partition coefficient (Wildman–Crippen LogP) is 2.63. The molecule has 23 heavy (non-hydrogen) atoms. The van der Waals surface area contributed by atoms with Crippen LogP contribution in [0.3, 0.4) is 0 Å². The van der Waals surface area contributed by atoms with Crippen LogP contribution in [0.2, 0.25) is 0 Å². The quantitative estimate of drug-likeness (QED) is 0.787. The summed E-state index contributed by atoms with van der Waals surface area (Å²) >= 11 is 3.14. The number of carbonyl (C=O) groups is 1. The van der Waals surface area contributed by atoms with Crippen molar-refractivity contribution in [2.75, 3.05) is 18.0 Å². The highest BCUT2D eigenvalue weighted by Crippen LogP contribution is 2.24. The Bertz CT molecular complexity index is 687. The number of aliphatic hydroxyl groups excluding tert-OH is 1. The van der Waals surface area contributed by atoms with E-state index < -0.39 is 0 Å². The normalized spacial score (nSPS) is 14.7. The van der Waals surface area contributed by atoms with Gasteiger partial charge in [0.05, 0.1) is 18.8 Å². The highest BCUT2D eigenvalue weighted by atomic mass is 32.1. The fraction of sp³-hybridized carbons (Fsp3) is 0.375. The van der Waals surface area contributed by atoms with E-state index in [4.69, 9.17) is 5.11 Å². The topological polar surface area (TPSA) is 65.5 Å². The Hall–Kier alpha value is -1.70. The maximum absolute atomic E-state index is 11.9. The number of nitrogens with one attached hydrogen (secondary N) is 1. The third kappa shape index (κ3) is 4.40. The third-order valence-corrected chi connectivity index (χ3v) is 5.51. The van der Waals surface area contributed by atoms with Gasteiger partial charge in [-0.2, -0.15) is 0 Å². The number of rotatable bonds is 6. The van der Waals surface area contributed by atoms with E-state index >= 15 is 0 Å². The molecule has 0 spiro atoms. The van der Waals surface area contributed by atoms with E-state index in [2.05, 4.69) is 15.2 Å². The lowest BCUT2D eigenvalue weighted by molar-refractivity contribution is -0.116. The molecule has 5 nitrogen and oxygen atoms in total. The Kier molecular flexibility index (Phi) is 5.43. The second-order valence-electron chi connectivity index (χ2n) is 5.38. The van der Waals surface area contributed by atoms with Gasteiger partial charge in [-0.3, -0.25) is 4.79 Å². The van der Waals surface area contributed by atoms with E-state index in [0.29, 0.717) is 6.54 Å². The maximum atomic E-state index is 11.9. The number of thiazole rings is 1. The Balaban J connectivity index is 1.48. The van der Waals surface area contributed by atoms with Gasteiger partial charge in [-0.25, -0.2) is 4.98 Å². The summed E-state index contributed by atoms with van der Waals surface area (Å²) in [5.74, 6) is -0.139. The van der Waals surface area contributed by atoms with Gasteiger partial charge in [0.25, 0.3) is 0 Å². The Morgan fingerprint density at radius 2 is 2.17 bits per heavy atom. The zero-order chi connectivity index (χ0) is 16.1. The monoisotopic (exact) mass is 349 g/mol. The number of hydrogen-bond acceptors (Lipinski definition) is 6. The zero-order valence-electron chi connectivity index (χ0n) is 12.7. The molecule has 2 aromatic rings. The van der Waals surface area contributed by atoms with Crippen LogP contribution in [-0.4, -0.2) is 29.1 Å². The Morgan fingerprint density at radius 1 is 1.35 bits per heavy atom. The summed E-state index contributed by atoms with van der Waals surface area (Å²) in [5.41, 5.74) is 1.77. The molecule has 1 fully saturated rings. The smallest absolute Gasteiger partial charge is 0.244 e. The molecule has 0 aliphatic carbocycles. The molecular formula is C16H19N3O2S2. The summed E-state index contributed by atoms with van der Waals surface area (Å²) in [6.07, 6.45) is 5.74. The van der Waals surface area contributed by atoms with Gasteiger partial charge in [0.2, 0.25) is 5.91 Å². The van der Waals surface area contributed by atoms with Crippen molar-refractivity contribution >= 4 is 39.8 Å². The first-order valence-corrected chi connectivity index (χ1v) is 9.34. The lowest BCUT2D eigenvalue weighted by Crippen LogP contribution is -2.21. The number of anilines is 1. The summed E-state index contributed by atoms with van der Waals surface area (Å²) in [4.78, 5) is 19.7. The molecule has 0 unspecified atom stereocenters. The molecule has 0 bridgehead atoms. The standard InChI is InChI=1S/C16H19N3O2S2/c20-9-12-7-14(22-10-12)3-4-15(21)17-8-13-11-23-16(18-13)19-5-1-2-6-19/h3-4,7,10-11,20H,1-2,5-6,8-9H2,(H,17,21)/b4-3+. The van der Waals surface area contributed by atoms with Crippen molar-refractivity contribution in [2.45, 2.75) is 26.0 Å². The summed E-state index contributed by atoms with van der Waals surface area (Å²) in [5, 5.41) is 16.8. The minimum Gasteiger partial charge on any atom is -0.392 e. The fourth-order valence-electron chi connectivity index (χ4n) is 2.39. The third-order valence-electron chi connectivity index (χ3n) is 3.62. The first-order valence-electron chi connectivity index (χ1n) is 7.58. The van der Waals surface area contributed by atoms with Crippen molar-refractivity contribution in [2.24, 2.45) is 0 Å². The van der Waals surface area contributed by atoms with Gasteiger partial charge in [0.15, 0.2) is 5.13 Å². The molecule has 7 heteroatoms. The summed E-state index contributed by atoms with van der Waals surface area (Å²) in [7, 11) is 0. The molecule has 0 saturated carbocycles. The van der Waals surface area contributed by atoms with E-state index in [9.17, 15) is 4.79 Å². The number of hydrogen-bond donors (Lipinski definition) is 2. The van der Waals surface area contributed by atoms with Gasteiger partial charge in [0.1, 0.15) is 0 Å². The highest BCUT2D eigenvalue weighted by molar-refractivity contribution is 7.13. The molecule has 2 N–H and O–H groups in total. The van der Waals surface area contributed by atoms with Crippen LogP contribution in [0.4, 0.5) is 5.13 Å². The van der Waals surface area contributed by atoms with Crippen LogP contribution in [0.25, 0.3) is 6.08 Å². The van der Waals surface area contributed by atoms with Crippen molar-refractivity contribution in [3.05, 3.63) is 39.0 Å². The molecule has 3 heterocycles. The Labute approximate surface area is 143 Å². The molecule has 1 aliphatic rings. The van der Waals surface area contributed by atoms with Gasteiger partial charge < -0.3 is 15.3 Å². The minimum atomic E-state index is -0.139. The number of aliphatic hydroxyl groups is 1. The molecule has 1 aliphatic heterocycles. The Morgan fingerprint density at radius 3 is 2.91 bits per heavy atom. The molecule has 0 aromatic carbocycles. The highest BCUT2D eigenvalue weighted by Gasteiger charge is 2.15. The molecule has 1 amide bonds. The van der Waals surface area contributed by atoms with Crippen molar-refractivity contribution in [1.82, 2.24) is 10.3 Å². The summed E-state index contributed by atoms with van der Waals surface area (Å²) < 4.78 is 0. The van der Waals surface area contributed by atoms with Crippen LogP contribution in [0, 0.1) is 0 Å². The van der Waals surface area contributed by atoms with Crippen LogP contribution in [0.15, 0.2) is 22.9 Å². The lowest BCUT2D eigenvalue weighted by Gasteiger charge is -2.12. The van der Waals surface area contributed by atoms with E-state index in [1.54, 1.807) is 17.4 Å². The van der Waals surface area contributed by atoms with Crippen LogP contribution in [0.1, 0.15) is 29.0 Å². The number of nitrogens with zero attached hydrogens (tertiary/aromatic N) is 2. The second-order valence-corrected chi connectivity index (χ2v) is 7.16.